The quantitative estimate of drug-likeness (QED) is 0.706. The normalized spacial score (nSPS) is 15.5. The van der Waals surface area contributed by atoms with Gasteiger partial charge in [0.1, 0.15) is 5.75 Å². The first kappa shape index (κ1) is 21.3. The summed E-state index contributed by atoms with van der Waals surface area (Å²) in [6.45, 7) is 0.877. The standard InChI is InChI=1S/C18H22ClF3N2O3/c19-14-4-1-2-5-15(14)27-11-3-6-16(25)23-12-13-7-9-24(10-8-13)17(26)18(20,21)22/h1-2,4-5,13H,3,6-12H2,(H,23,25). The highest BCUT2D eigenvalue weighted by Gasteiger charge is 2.43. The van der Waals surface area contributed by atoms with Gasteiger partial charge < -0.3 is 15.0 Å². The first-order valence-corrected chi connectivity index (χ1v) is 9.15. The van der Waals surface area contributed by atoms with Gasteiger partial charge in [0.15, 0.2) is 0 Å². The van der Waals surface area contributed by atoms with Crippen molar-refractivity contribution in [1.29, 1.82) is 0 Å². The highest BCUT2D eigenvalue weighted by atomic mass is 35.5. The van der Waals surface area contributed by atoms with Crippen molar-refractivity contribution in [2.45, 2.75) is 31.9 Å². The van der Waals surface area contributed by atoms with Crippen molar-refractivity contribution in [2.75, 3.05) is 26.2 Å². The van der Waals surface area contributed by atoms with Gasteiger partial charge in [0.05, 0.1) is 11.6 Å². The summed E-state index contributed by atoms with van der Waals surface area (Å²) in [6.07, 6.45) is -3.13. The molecule has 0 aromatic heterocycles. The Morgan fingerprint density at radius 3 is 2.52 bits per heavy atom. The number of nitrogens with zero attached hydrogens (tertiary/aromatic N) is 1. The lowest BCUT2D eigenvalue weighted by molar-refractivity contribution is -0.186. The molecule has 150 valence electrons. The summed E-state index contributed by atoms with van der Waals surface area (Å²) in [6, 6.07) is 7.07. The molecule has 1 heterocycles. The number of hydrogen-bond acceptors (Lipinski definition) is 3. The molecule has 0 radical (unpaired) electrons. The molecule has 9 heteroatoms. The van der Waals surface area contributed by atoms with Crippen molar-refractivity contribution < 1.29 is 27.5 Å². The van der Waals surface area contributed by atoms with E-state index in [4.69, 9.17) is 16.3 Å². The van der Waals surface area contributed by atoms with E-state index in [-0.39, 0.29) is 31.3 Å². The smallest absolute Gasteiger partial charge is 0.471 e. The fraction of sp³-hybridized carbons (Fsp3) is 0.556. The molecule has 0 spiro atoms. The third-order valence-electron chi connectivity index (χ3n) is 4.37. The number of carbonyl (C=O) groups is 2. The van der Waals surface area contributed by atoms with Gasteiger partial charge in [0.25, 0.3) is 0 Å². The van der Waals surface area contributed by atoms with Crippen LogP contribution >= 0.6 is 11.6 Å². The molecule has 0 unspecified atom stereocenters. The van der Waals surface area contributed by atoms with Gasteiger partial charge in [-0.2, -0.15) is 13.2 Å². The Balaban J connectivity index is 1.59. The van der Waals surface area contributed by atoms with Crippen LogP contribution < -0.4 is 10.1 Å². The Morgan fingerprint density at radius 2 is 1.89 bits per heavy atom. The van der Waals surface area contributed by atoms with Crippen LogP contribution in [0.4, 0.5) is 13.2 Å². The first-order chi connectivity index (χ1) is 12.8. The Labute approximate surface area is 160 Å². The maximum Gasteiger partial charge on any atom is 0.471 e. The maximum absolute atomic E-state index is 12.4. The van der Waals surface area contributed by atoms with Crippen molar-refractivity contribution in [3.05, 3.63) is 29.3 Å². The molecule has 1 aromatic rings. The molecule has 1 aliphatic rings. The highest BCUT2D eigenvalue weighted by Crippen LogP contribution is 2.24. The molecule has 2 rings (SSSR count). The lowest BCUT2D eigenvalue weighted by Gasteiger charge is -2.32. The summed E-state index contributed by atoms with van der Waals surface area (Å²) in [5, 5.41) is 3.30. The molecule has 0 saturated carbocycles. The van der Waals surface area contributed by atoms with Crippen molar-refractivity contribution in [3.63, 3.8) is 0 Å². The number of amides is 2. The molecular weight excluding hydrogens is 385 g/mol. The fourth-order valence-electron chi connectivity index (χ4n) is 2.84. The molecule has 27 heavy (non-hydrogen) atoms. The van der Waals surface area contributed by atoms with Crippen LogP contribution in [0.15, 0.2) is 24.3 Å². The number of piperidine rings is 1. The van der Waals surface area contributed by atoms with Gasteiger partial charge in [-0.1, -0.05) is 23.7 Å². The van der Waals surface area contributed by atoms with Gasteiger partial charge in [0, 0.05) is 26.1 Å². The SMILES string of the molecule is O=C(CCCOc1ccccc1Cl)NCC1CCN(C(=O)C(F)(F)F)CC1. The summed E-state index contributed by atoms with van der Waals surface area (Å²) in [5.41, 5.74) is 0. The van der Waals surface area contributed by atoms with Gasteiger partial charge in [-0.05, 0) is 37.3 Å². The molecule has 1 aliphatic heterocycles. The van der Waals surface area contributed by atoms with Crippen LogP contribution in [-0.4, -0.2) is 49.1 Å². The Kier molecular flexibility index (Phi) is 7.77. The van der Waals surface area contributed by atoms with Crippen LogP contribution in [0.2, 0.25) is 5.02 Å². The first-order valence-electron chi connectivity index (χ1n) is 8.77. The largest absolute Gasteiger partial charge is 0.492 e. The summed E-state index contributed by atoms with van der Waals surface area (Å²) in [4.78, 5) is 23.9. The maximum atomic E-state index is 12.4. The summed E-state index contributed by atoms with van der Waals surface area (Å²) in [5.74, 6) is -1.28. The molecule has 1 aromatic carbocycles. The van der Waals surface area contributed by atoms with Gasteiger partial charge in [-0.15, -0.1) is 0 Å². The Hall–Kier alpha value is -1.96. The fourth-order valence-corrected chi connectivity index (χ4v) is 3.03. The molecular formula is C18H22ClF3N2O3. The van der Waals surface area contributed by atoms with Gasteiger partial charge in [-0.3, -0.25) is 9.59 Å². The number of nitrogens with one attached hydrogen (secondary N) is 1. The number of carbonyl (C=O) groups excluding carboxylic acids is 2. The van der Waals surface area contributed by atoms with Crippen LogP contribution in [0, 0.1) is 5.92 Å². The zero-order valence-electron chi connectivity index (χ0n) is 14.7. The Morgan fingerprint density at radius 1 is 1.22 bits per heavy atom. The third kappa shape index (κ3) is 6.93. The minimum atomic E-state index is -4.83. The number of hydrogen-bond donors (Lipinski definition) is 1. The van der Waals surface area contributed by atoms with Crippen LogP contribution in [0.5, 0.6) is 5.75 Å². The zero-order chi connectivity index (χ0) is 19.9. The number of likely N-dealkylation sites (tertiary alicyclic amines) is 1. The summed E-state index contributed by atoms with van der Waals surface area (Å²) in [7, 11) is 0. The molecule has 5 nitrogen and oxygen atoms in total. The number of ether oxygens (including phenoxy) is 1. The van der Waals surface area contributed by atoms with E-state index in [9.17, 15) is 22.8 Å². The van der Waals surface area contributed by atoms with E-state index in [0.29, 0.717) is 43.2 Å². The molecule has 0 aliphatic carbocycles. The van der Waals surface area contributed by atoms with Gasteiger partial charge >= 0.3 is 12.1 Å². The highest BCUT2D eigenvalue weighted by molar-refractivity contribution is 6.32. The number of rotatable bonds is 7. The average Bonchev–Trinajstić information content (AvgIpc) is 2.64. The predicted molar refractivity (Wildman–Crippen MR) is 94.5 cm³/mol. The number of alkyl halides is 3. The molecule has 1 saturated heterocycles. The van der Waals surface area contributed by atoms with Crippen molar-refractivity contribution in [2.24, 2.45) is 5.92 Å². The third-order valence-corrected chi connectivity index (χ3v) is 4.69. The molecule has 1 fully saturated rings. The number of benzene rings is 1. The van der Waals surface area contributed by atoms with Crippen molar-refractivity contribution in [1.82, 2.24) is 10.2 Å². The lowest BCUT2D eigenvalue weighted by Crippen LogP contribution is -2.46. The van der Waals surface area contributed by atoms with Gasteiger partial charge in [-0.25, -0.2) is 0 Å². The minimum absolute atomic E-state index is 0.0601. The van der Waals surface area contributed by atoms with E-state index < -0.39 is 12.1 Å². The molecule has 0 bridgehead atoms. The van der Waals surface area contributed by atoms with Gasteiger partial charge in [0.2, 0.25) is 5.91 Å². The lowest BCUT2D eigenvalue weighted by atomic mass is 9.96. The van der Waals surface area contributed by atoms with Crippen molar-refractivity contribution >= 4 is 23.4 Å². The second kappa shape index (κ2) is 9.82. The average molecular weight is 407 g/mol. The monoisotopic (exact) mass is 406 g/mol. The minimum Gasteiger partial charge on any atom is -0.492 e. The zero-order valence-corrected chi connectivity index (χ0v) is 15.5. The van der Waals surface area contributed by atoms with Crippen LogP contribution in [0.25, 0.3) is 0 Å². The van der Waals surface area contributed by atoms with Crippen LogP contribution in [-0.2, 0) is 9.59 Å². The Bertz CT molecular complexity index is 647. The summed E-state index contributed by atoms with van der Waals surface area (Å²) < 4.78 is 42.7. The predicted octanol–water partition coefficient (Wildman–Crippen LogP) is 3.42. The number of para-hydroxylation sites is 1. The van der Waals surface area contributed by atoms with E-state index in [2.05, 4.69) is 5.32 Å². The van der Waals surface area contributed by atoms with Crippen LogP contribution in [0.3, 0.4) is 0 Å². The summed E-state index contributed by atoms with van der Waals surface area (Å²) >= 11 is 5.96. The van der Waals surface area contributed by atoms with Crippen LogP contribution in [0.1, 0.15) is 25.7 Å². The topological polar surface area (TPSA) is 58.6 Å². The second-order valence-corrected chi connectivity index (χ2v) is 6.83. The molecule has 2 amide bonds. The van der Waals surface area contributed by atoms with E-state index >= 15 is 0 Å². The van der Waals surface area contributed by atoms with E-state index in [1.165, 1.54) is 0 Å². The van der Waals surface area contributed by atoms with Crippen molar-refractivity contribution in [3.8, 4) is 5.75 Å². The molecule has 0 atom stereocenters. The van der Waals surface area contributed by atoms with E-state index in [1.54, 1.807) is 18.2 Å². The van der Waals surface area contributed by atoms with E-state index in [0.717, 1.165) is 4.90 Å². The molecule has 1 N–H and O–H groups in total. The number of halogens is 4. The second-order valence-electron chi connectivity index (χ2n) is 6.42. The van der Waals surface area contributed by atoms with E-state index in [1.807, 2.05) is 6.07 Å².